The number of carbonyl (C=O) groups is 4. The molecule has 0 radical (unpaired) electrons. The first-order valence-corrected chi connectivity index (χ1v) is 12.6. The predicted molar refractivity (Wildman–Crippen MR) is 130 cm³/mol. The second kappa shape index (κ2) is 14.8. The molecule has 0 saturated heterocycles. The minimum atomic E-state index is -1.23. The summed E-state index contributed by atoms with van der Waals surface area (Å²) in [5, 5.41) is 16.9. The second-order valence-corrected chi connectivity index (χ2v) is 9.03. The molecule has 0 spiro atoms. The zero-order chi connectivity index (χ0) is 25.0. The van der Waals surface area contributed by atoms with Crippen LogP contribution in [0, 0.1) is 5.92 Å². The molecule has 186 valence electrons. The molecule has 7 N–H and O–H groups in total. The van der Waals surface area contributed by atoms with Crippen molar-refractivity contribution in [1.82, 2.24) is 25.9 Å². The molecule has 0 saturated carbocycles. The van der Waals surface area contributed by atoms with Gasteiger partial charge in [0.2, 0.25) is 17.7 Å². The van der Waals surface area contributed by atoms with E-state index in [4.69, 9.17) is 5.73 Å². The van der Waals surface area contributed by atoms with Gasteiger partial charge in [-0.2, -0.15) is 24.4 Å². The largest absolute Gasteiger partial charge is 0.480 e. The first-order valence-electron chi connectivity index (χ1n) is 10.6. The van der Waals surface area contributed by atoms with Crippen LogP contribution in [0.25, 0.3) is 0 Å². The van der Waals surface area contributed by atoms with Crippen molar-refractivity contribution in [2.24, 2.45) is 11.7 Å². The number of carboxylic acids is 1. The monoisotopic (exact) mass is 502 g/mol. The topological polar surface area (TPSA) is 179 Å². The summed E-state index contributed by atoms with van der Waals surface area (Å²) < 4.78 is 0. The van der Waals surface area contributed by atoms with Crippen LogP contribution in [-0.2, 0) is 25.6 Å². The molecule has 13 heteroatoms. The molecule has 0 fully saturated rings. The molecule has 0 aliphatic heterocycles. The van der Waals surface area contributed by atoms with E-state index in [0.717, 1.165) is 0 Å². The van der Waals surface area contributed by atoms with Crippen molar-refractivity contribution < 1.29 is 24.3 Å². The molecule has 1 aromatic rings. The minimum Gasteiger partial charge on any atom is -0.480 e. The molecule has 5 atom stereocenters. The Hall–Kier alpha value is -2.25. The maximum atomic E-state index is 13.1. The summed E-state index contributed by atoms with van der Waals surface area (Å²) in [7, 11) is 0. The quantitative estimate of drug-likeness (QED) is 0.158. The second-order valence-electron chi connectivity index (χ2n) is 7.68. The number of hydrogen-bond donors (Lipinski definition) is 7. The summed E-state index contributed by atoms with van der Waals surface area (Å²) in [6.45, 7) is 3.76. The van der Waals surface area contributed by atoms with E-state index in [1.807, 2.05) is 20.1 Å². The van der Waals surface area contributed by atoms with E-state index in [2.05, 4.69) is 38.5 Å². The van der Waals surface area contributed by atoms with Gasteiger partial charge in [-0.15, -0.1) is 0 Å². The predicted octanol–water partition coefficient (Wildman–Crippen LogP) is -0.452. The van der Waals surface area contributed by atoms with Crippen LogP contribution in [0.3, 0.4) is 0 Å². The minimum absolute atomic E-state index is 0.0878. The van der Waals surface area contributed by atoms with E-state index >= 15 is 0 Å². The number of H-pyrrole nitrogens is 1. The van der Waals surface area contributed by atoms with Crippen LogP contribution in [0.2, 0.25) is 0 Å². The van der Waals surface area contributed by atoms with E-state index in [1.165, 1.54) is 24.3 Å². The van der Waals surface area contributed by atoms with Gasteiger partial charge in [0.25, 0.3) is 0 Å². The fourth-order valence-corrected chi connectivity index (χ4v) is 3.56. The van der Waals surface area contributed by atoms with Crippen LogP contribution in [0.4, 0.5) is 0 Å². The van der Waals surface area contributed by atoms with Gasteiger partial charge in [0.1, 0.15) is 18.1 Å². The average molecular weight is 503 g/mol. The maximum Gasteiger partial charge on any atom is 0.327 e. The number of aromatic nitrogens is 2. The molecule has 0 aromatic carbocycles. The van der Waals surface area contributed by atoms with Crippen molar-refractivity contribution in [2.45, 2.75) is 57.3 Å². The number of aliphatic carboxylic acids is 1. The van der Waals surface area contributed by atoms with Gasteiger partial charge in [-0.05, 0) is 24.3 Å². The number of amides is 3. The summed E-state index contributed by atoms with van der Waals surface area (Å²) in [6, 6.07) is -3.99. The van der Waals surface area contributed by atoms with Gasteiger partial charge in [0.05, 0.1) is 12.4 Å². The fraction of sp³-hybridized carbons (Fsp3) is 0.650. The highest BCUT2D eigenvalue weighted by atomic mass is 32.2. The number of hydrogen-bond acceptors (Lipinski definition) is 8. The van der Waals surface area contributed by atoms with Gasteiger partial charge in [0, 0.05) is 24.1 Å². The Balaban J connectivity index is 3.01. The van der Waals surface area contributed by atoms with Gasteiger partial charge in [-0.3, -0.25) is 14.4 Å². The van der Waals surface area contributed by atoms with Crippen LogP contribution in [-0.4, -0.2) is 80.7 Å². The van der Waals surface area contributed by atoms with Crippen LogP contribution >= 0.6 is 24.4 Å². The molecule has 11 nitrogen and oxygen atoms in total. The normalized spacial score (nSPS) is 15.5. The van der Waals surface area contributed by atoms with Crippen molar-refractivity contribution in [3.8, 4) is 0 Å². The van der Waals surface area contributed by atoms with E-state index in [-0.39, 0.29) is 24.5 Å². The molecule has 5 unspecified atom stereocenters. The van der Waals surface area contributed by atoms with Crippen molar-refractivity contribution in [3.05, 3.63) is 18.2 Å². The van der Waals surface area contributed by atoms with Crippen molar-refractivity contribution in [3.63, 3.8) is 0 Å². The van der Waals surface area contributed by atoms with Crippen LogP contribution in [0.1, 0.15) is 32.4 Å². The third kappa shape index (κ3) is 9.64. The molecule has 0 aliphatic rings. The smallest absolute Gasteiger partial charge is 0.327 e. The van der Waals surface area contributed by atoms with Crippen molar-refractivity contribution in [2.75, 3.05) is 17.8 Å². The number of thiol groups is 1. The standard InChI is InChI=1S/C20H34N6O5S2/c1-4-11(2)16(21)19(29)25-14(7-12-8-22-10-23-12)18(28)24-13(5-6-33-3)17(27)26-15(9-32)20(30)31/h8,10-11,13-16,32H,4-7,9,21H2,1-3H3,(H,22,23)(H,24,28)(H,25,29)(H,26,27)(H,30,31). The van der Waals surface area contributed by atoms with Crippen LogP contribution < -0.4 is 21.7 Å². The van der Waals surface area contributed by atoms with Gasteiger partial charge < -0.3 is 31.8 Å². The van der Waals surface area contributed by atoms with E-state index in [0.29, 0.717) is 17.9 Å². The highest BCUT2D eigenvalue weighted by Gasteiger charge is 2.31. The zero-order valence-corrected chi connectivity index (χ0v) is 20.7. The van der Waals surface area contributed by atoms with E-state index in [9.17, 15) is 24.3 Å². The van der Waals surface area contributed by atoms with Crippen molar-refractivity contribution in [1.29, 1.82) is 0 Å². The lowest BCUT2D eigenvalue weighted by molar-refractivity contribution is -0.141. The molecule has 0 bridgehead atoms. The van der Waals surface area contributed by atoms with Gasteiger partial charge >= 0.3 is 5.97 Å². The fourth-order valence-electron chi connectivity index (χ4n) is 2.84. The molecular weight excluding hydrogens is 468 g/mol. The van der Waals surface area contributed by atoms with Crippen LogP contribution in [0.15, 0.2) is 12.5 Å². The Morgan fingerprint density at radius 2 is 1.76 bits per heavy atom. The summed E-state index contributed by atoms with van der Waals surface area (Å²) >= 11 is 5.42. The molecule has 1 aromatic heterocycles. The molecule has 1 rings (SSSR count). The molecule has 1 heterocycles. The Bertz CT molecular complexity index is 779. The first-order chi connectivity index (χ1) is 15.6. The lowest BCUT2D eigenvalue weighted by Crippen LogP contribution is -2.58. The average Bonchev–Trinajstić information content (AvgIpc) is 3.31. The summed E-state index contributed by atoms with van der Waals surface area (Å²) in [6.07, 6.45) is 5.91. The molecule has 3 amide bonds. The lowest BCUT2D eigenvalue weighted by Gasteiger charge is -2.25. The Kier molecular flexibility index (Phi) is 12.9. The highest BCUT2D eigenvalue weighted by Crippen LogP contribution is 2.08. The third-order valence-corrected chi connectivity index (χ3v) is 6.22. The summed E-state index contributed by atoms with van der Waals surface area (Å²) in [4.78, 5) is 56.5. The van der Waals surface area contributed by atoms with Gasteiger partial charge in [-0.1, -0.05) is 20.3 Å². The SMILES string of the molecule is CCC(C)C(N)C(=O)NC(Cc1cnc[nH]1)C(=O)NC(CCSC)C(=O)NC(CS)C(=O)O. The van der Waals surface area contributed by atoms with Gasteiger partial charge in [0.15, 0.2) is 0 Å². The highest BCUT2D eigenvalue weighted by molar-refractivity contribution is 7.98. The Morgan fingerprint density at radius 3 is 2.27 bits per heavy atom. The maximum absolute atomic E-state index is 13.1. The number of nitrogens with zero attached hydrogens (tertiary/aromatic N) is 1. The zero-order valence-electron chi connectivity index (χ0n) is 19.0. The number of nitrogens with one attached hydrogen (secondary N) is 4. The number of rotatable bonds is 15. The van der Waals surface area contributed by atoms with Crippen LogP contribution in [0.5, 0.6) is 0 Å². The Morgan fingerprint density at radius 1 is 1.15 bits per heavy atom. The molecular formula is C20H34N6O5S2. The van der Waals surface area contributed by atoms with E-state index < -0.39 is 47.9 Å². The molecule has 0 aliphatic carbocycles. The summed E-state index contributed by atoms with van der Waals surface area (Å²) in [5.74, 6) is -2.57. The van der Waals surface area contributed by atoms with E-state index in [1.54, 1.807) is 0 Å². The number of thioether (sulfide) groups is 1. The number of nitrogens with two attached hydrogens (primary N) is 1. The number of carboxylic acid groups (broad SMARTS) is 1. The lowest BCUT2D eigenvalue weighted by atomic mass is 9.98. The van der Waals surface area contributed by atoms with Crippen molar-refractivity contribution >= 4 is 48.1 Å². The van der Waals surface area contributed by atoms with Gasteiger partial charge in [-0.25, -0.2) is 9.78 Å². The number of carbonyl (C=O) groups excluding carboxylic acids is 3. The third-order valence-electron chi connectivity index (χ3n) is 5.21. The number of aromatic amines is 1. The first kappa shape index (κ1) is 28.8. The Labute approximate surface area is 203 Å². The number of imidazole rings is 1. The summed E-state index contributed by atoms with van der Waals surface area (Å²) in [5.41, 5.74) is 6.62. The molecule has 33 heavy (non-hydrogen) atoms.